The fourth-order valence-electron chi connectivity index (χ4n) is 2.84. The number of carbonyl (C=O) groups is 2. The number of hydrogen-bond donors (Lipinski definition) is 2. The molecule has 0 radical (unpaired) electrons. The molecule has 0 aromatic heterocycles. The summed E-state index contributed by atoms with van der Waals surface area (Å²) in [5.41, 5.74) is 2.04. The molecule has 1 fully saturated rings. The van der Waals surface area contributed by atoms with E-state index >= 15 is 0 Å². The second-order valence-electron chi connectivity index (χ2n) is 6.24. The summed E-state index contributed by atoms with van der Waals surface area (Å²) in [5.74, 6) is -1.83. The van der Waals surface area contributed by atoms with Crippen molar-refractivity contribution in [3.63, 3.8) is 0 Å². The van der Waals surface area contributed by atoms with Gasteiger partial charge in [-0.3, -0.25) is 14.5 Å². The molecule has 0 bridgehead atoms. The highest BCUT2D eigenvalue weighted by atomic mass is 16.5. The summed E-state index contributed by atoms with van der Waals surface area (Å²) in [6.07, 6.45) is 0.375. The van der Waals surface area contributed by atoms with Crippen molar-refractivity contribution in [2.75, 3.05) is 39.4 Å². The van der Waals surface area contributed by atoms with E-state index in [2.05, 4.69) is 10.2 Å². The minimum Gasteiger partial charge on any atom is -0.481 e. The third-order valence-electron chi connectivity index (χ3n) is 4.20. The molecule has 1 aromatic carbocycles. The van der Waals surface area contributed by atoms with Crippen molar-refractivity contribution in [2.24, 2.45) is 5.92 Å². The Bertz CT molecular complexity index is 556. The summed E-state index contributed by atoms with van der Waals surface area (Å²) < 4.78 is 5.28. The Hall–Kier alpha value is -1.92. The average molecular weight is 334 g/mol. The lowest BCUT2D eigenvalue weighted by molar-refractivity contribution is -0.144. The Balaban J connectivity index is 1.77. The first kappa shape index (κ1) is 18.4. The molecular formula is C18H26N2O4. The van der Waals surface area contributed by atoms with Gasteiger partial charge in [0.1, 0.15) is 0 Å². The molecule has 6 heteroatoms. The molecule has 0 aliphatic carbocycles. The Morgan fingerprint density at radius 1 is 1.33 bits per heavy atom. The Kier molecular flexibility index (Phi) is 7.21. The number of carbonyl (C=O) groups excluding carboxylic acids is 1. The van der Waals surface area contributed by atoms with Crippen LogP contribution in [0.4, 0.5) is 0 Å². The predicted molar refractivity (Wildman–Crippen MR) is 90.9 cm³/mol. The molecule has 0 spiro atoms. The first-order valence-electron chi connectivity index (χ1n) is 8.40. The largest absolute Gasteiger partial charge is 0.481 e. The van der Waals surface area contributed by atoms with E-state index in [-0.39, 0.29) is 12.3 Å². The zero-order chi connectivity index (χ0) is 17.4. The number of rotatable bonds is 8. The number of aliphatic carboxylic acids is 1. The topological polar surface area (TPSA) is 78.9 Å². The molecule has 132 valence electrons. The number of benzene rings is 1. The summed E-state index contributed by atoms with van der Waals surface area (Å²) in [4.78, 5) is 25.7. The van der Waals surface area contributed by atoms with E-state index < -0.39 is 11.9 Å². The van der Waals surface area contributed by atoms with Crippen molar-refractivity contribution in [1.82, 2.24) is 10.2 Å². The minimum absolute atomic E-state index is 0.00634. The molecule has 0 saturated carbocycles. The molecule has 1 atom stereocenters. The van der Waals surface area contributed by atoms with E-state index in [4.69, 9.17) is 4.74 Å². The van der Waals surface area contributed by atoms with Crippen LogP contribution in [-0.4, -0.2) is 61.3 Å². The van der Waals surface area contributed by atoms with E-state index in [1.54, 1.807) is 0 Å². The summed E-state index contributed by atoms with van der Waals surface area (Å²) in [6.45, 7) is 6.48. The molecule has 1 aliphatic rings. The lowest BCUT2D eigenvalue weighted by Crippen LogP contribution is -2.41. The maximum Gasteiger partial charge on any atom is 0.307 e. The number of hydrogen-bond acceptors (Lipinski definition) is 4. The van der Waals surface area contributed by atoms with Crippen LogP contribution in [0, 0.1) is 12.8 Å². The molecule has 1 saturated heterocycles. The second kappa shape index (κ2) is 9.39. The molecule has 1 heterocycles. The van der Waals surface area contributed by atoms with Crippen LogP contribution in [0.1, 0.15) is 17.5 Å². The van der Waals surface area contributed by atoms with Crippen LogP contribution in [-0.2, 0) is 20.7 Å². The van der Waals surface area contributed by atoms with E-state index in [0.29, 0.717) is 13.0 Å². The maximum absolute atomic E-state index is 12.0. The van der Waals surface area contributed by atoms with Crippen LogP contribution in [0.25, 0.3) is 0 Å². The SMILES string of the molecule is Cc1cccc(C[C@@H](CC(=O)NCCN2CCOCC2)C(=O)O)c1. The van der Waals surface area contributed by atoms with Gasteiger partial charge in [0.2, 0.25) is 5.91 Å². The number of carboxylic acid groups (broad SMARTS) is 1. The number of nitrogens with one attached hydrogen (secondary N) is 1. The lowest BCUT2D eigenvalue weighted by Gasteiger charge is -2.26. The van der Waals surface area contributed by atoms with Crippen LogP contribution in [0.2, 0.25) is 0 Å². The van der Waals surface area contributed by atoms with Crippen molar-refractivity contribution in [2.45, 2.75) is 19.8 Å². The molecule has 1 aliphatic heterocycles. The van der Waals surface area contributed by atoms with Gasteiger partial charge < -0.3 is 15.2 Å². The standard InChI is InChI=1S/C18H26N2O4/c1-14-3-2-4-15(11-14)12-16(18(22)23)13-17(21)19-5-6-20-7-9-24-10-8-20/h2-4,11,16H,5-10,12-13H2,1H3,(H,19,21)(H,22,23)/t16-/m0/s1. The Morgan fingerprint density at radius 3 is 2.75 bits per heavy atom. The first-order chi connectivity index (χ1) is 11.5. The Labute approximate surface area is 142 Å². The van der Waals surface area contributed by atoms with Gasteiger partial charge in [0.05, 0.1) is 19.1 Å². The van der Waals surface area contributed by atoms with Crippen LogP contribution in [0.15, 0.2) is 24.3 Å². The van der Waals surface area contributed by atoms with Gasteiger partial charge >= 0.3 is 5.97 Å². The van der Waals surface area contributed by atoms with Crippen molar-refractivity contribution >= 4 is 11.9 Å². The summed E-state index contributed by atoms with van der Waals surface area (Å²) in [5, 5.41) is 12.2. The van der Waals surface area contributed by atoms with Crippen LogP contribution >= 0.6 is 0 Å². The van der Waals surface area contributed by atoms with Crippen molar-refractivity contribution in [3.8, 4) is 0 Å². The first-order valence-corrected chi connectivity index (χ1v) is 8.40. The van der Waals surface area contributed by atoms with Gasteiger partial charge in [-0.25, -0.2) is 0 Å². The molecule has 2 rings (SSSR count). The number of nitrogens with zero attached hydrogens (tertiary/aromatic N) is 1. The van der Waals surface area contributed by atoms with Crippen LogP contribution in [0.3, 0.4) is 0 Å². The highest BCUT2D eigenvalue weighted by Crippen LogP contribution is 2.14. The molecule has 6 nitrogen and oxygen atoms in total. The quantitative estimate of drug-likeness (QED) is 0.744. The van der Waals surface area contributed by atoms with Crippen molar-refractivity contribution < 1.29 is 19.4 Å². The summed E-state index contributed by atoms with van der Waals surface area (Å²) >= 11 is 0. The van der Waals surface area contributed by atoms with E-state index in [0.717, 1.165) is 44.0 Å². The highest BCUT2D eigenvalue weighted by Gasteiger charge is 2.22. The third-order valence-corrected chi connectivity index (χ3v) is 4.20. The van der Waals surface area contributed by atoms with Gasteiger partial charge in [0.25, 0.3) is 0 Å². The van der Waals surface area contributed by atoms with Crippen molar-refractivity contribution in [1.29, 1.82) is 0 Å². The van der Waals surface area contributed by atoms with E-state index in [1.807, 2.05) is 31.2 Å². The van der Waals surface area contributed by atoms with Gasteiger partial charge in [-0.15, -0.1) is 0 Å². The normalized spacial score (nSPS) is 16.5. The van der Waals surface area contributed by atoms with E-state index in [9.17, 15) is 14.7 Å². The lowest BCUT2D eigenvalue weighted by atomic mass is 9.95. The molecule has 1 amide bonds. The monoisotopic (exact) mass is 334 g/mol. The molecule has 0 unspecified atom stereocenters. The third kappa shape index (κ3) is 6.29. The number of morpholine rings is 1. The van der Waals surface area contributed by atoms with Gasteiger partial charge in [-0.1, -0.05) is 29.8 Å². The van der Waals surface area contributed by atoms with Gasteiger partial charge in [-0.05, 0) is 18.9 Å². The van der Waals surface area contributed by atoms with Crippen molar-refractivity contribution in [3.05, 3.63) is 35.4 Å². The summed E-state index contributed by atoms with van der Waals surface area (Å²) in [6, 6.07) is 7.75. The second-order valence-corrected chi connectivity index (χ2v) is 6.24. The maximum atomic E-state index is 12.0. The number of ether oxygens (including phenoxy) is 1. The molecule has 1 aromatic rings. The van der Waals surface area contributed by atoms with Gasteiger partial charge in [0, 0.05) is 32.6 Å². The zero-order valence-corrected chi connectivity index (χ0v) is 14.2. The number of aryl methyl sites for hydroxylation is 1. The fourth-order valence-corrected chi connectivity index (χ4v) is 2.84. The van der Waals surface area contributed by atoms with Gasteiger partial charge in [-0.2, -0.15) is 0 Å². The molecule has 2 N–H and O–H groups in total. The molecule has 24 heavy (non-hydrogen) atoms. The van der Waals surface area contributed by atoms with E-state index in [1.165, 1.54) is 0 Å². The zero-order valence-electron chi connectivity index (χ0n) is 14.2. The number of amides is 1. The van der Waals surface area contributed by atoms with Crippen LogP contribution in [0.5, 0.6) is 0 Å². The van der Waals surface area contributed by atoms with Crippen LogP contribution < -0.4 is 5.32 Å². The minimum atomic E-state index is -0.931. The number of carboxylic acids is 1. The smallest absolute Gasteiger partial charge is 0.307 e. The Morgan fingerprint density at radius 2 is 2.08 bits per heavy atom. The fraction of sp³-hybridized carbons (Fsp3) is 0.556. The molecular weight excluding hydrogens is 308 g/mol. The highest BCUT2D eigenvalue weighted by molar-refractivity contribution is 5.82. The predicted octanol–water partition coefficient (Wildman–Crippen LogP) is 1.08. The summed E-state index contributed by atoms with van der Waals surface area (Å²) in [7, 11) is 0. The average Bonchev–Trinajstić information content (AvgIpc) is 2.55. The van der Waals surface area contributed by atoms with Gasteiger partial charge in [0.15, 0.2) is 0 Å².